The lowest BCUT2D eigenvalue weighted by Gasteiger charge is -2.38. The van der Waals surface area contributed by atoms with Crippen molar-refractivity contribution in [3.05, 3.63) is 29.6 Å². The van der Waals surface area contributed by atoms with Crippen LogP contribution in [0, 0.1) is 5.82 Å². The van der Waals surface area contributed by atoms with E-state index in [0.29, 0.717) is 24.3 Å². The SMILES string of the molecule is CC1C(C)S(=O)(=O)CCN1C(=O)NC1CCOc2ccc(F)cc21. The van der Waals surface area contributed by atoms with Crippen molar-refractivity contribution in [3.63, 3.8) is 0 Å². The molecular formula is C16H21FN2O4S. The Kier molecular flexibility index (Phi) is 4.42. The number of nitrogens with one attached hydrogen (secondary N) is 1. The number of urea groups is 1. The highest BCUT2D eigenvalue weighted by molar-refractivity contribution is 7.92. The van der Waals surface area contributed by atoms with E-state index in [0.717, 1.165) is 0 Å². The van der Waals surface area contributed by atoms with Crippen LogP contribution in [0.25, 0.3) is 0 Å². The molecule has 2 heterocycles. The molecule has 3 rings (SSSR count). The van der Waals surface area contributed by atoms with Crippen LogP contribution in [-0.2, 0) is 9.84 Å². The van der Waals surface area contributed by atoms with Crippen LogP contribution in [0.4, 0.5) is 9.18 Å². The number of fused-ring (bicyclic) bond motifs is 1. The molecule has 0 saturated carbocycles. The van der Waals surface area contributed by atoms with Gasteiger partial charge in [-0.2, -0.15) is 0 Å². The lowest BCUT2D eigenvalue weighted by Crippen LogP contribution is -2.57. The number of sulfone groups is 1. The second-order valence-electron chi connectivity index (χ2n) is 6.33. The summed E-state index contributed by atoms with van der Waals surface area (Å²) in [7, 11) is -3.16. The number of nitrogens with zero attached hydrogens (tertiary/aromatic N) is 1. The van der Waals surface area contributed by atoms with Gasteiger partial charge in [0.2, 0.25) is 0 Å². The molecule has 1 N–H and O–H groups in total. The molecule has 6 nitrogen and oxygen atoms in total. The minimum atomic E-state index is -3.16. The third-order valence-electron chi connectivity index (χ3n) is 4.92. The molecule has 1 saturated heterocycles. The van der Waals surface area contributed by atoms with Gasteiger partial charge in [0.05, 0.1) is 23.7 Å². The fourth-order valence-electron chi connectivity index (χ4n) is 3.20. The van der Waals surface area contributed by atoms with Crippen LogP contribution in [0.5, 0.6) is 5.75 Å². The van der Waals surface area contributed by atoms with Crippen LogP contribution < -0.4 is 10.1 Å². The topological polar surface area (TPSA) is 75.7 Å². The Bertz CT molecular complexity index is 752. The van der Waals surface area contributed by atoms with E-state index in [1.54, 1.807) is 24.8 Å². The summed E-state index contributed by atoms with van der Waals surface area (Å²) in [5.41, 5.74) is 0.611. The van der Waals surface area contributed by atoms with E-state index >= 15 is 0 Å². The molecule has 8 heteroatoms. The average Bonchev–Trinajstić information content (AvgIpc) is 2.53. The van der Waals surface area contributed by atoms with E-state index < -0.39 is 21.1 Å². The summed E-state index contributed by atoms with van der Waals surface area (Å²) in [5, 5.41) is 2.30. The lowest BCUT2D eigenvalue weighted by atomic mass is 10.0. The number of amides is 2. The summed E-state index contributed by atoms with van der Waals surface area (Å²) in [6.45, 7) is 3.96. The molecule has 0 spiro atoms. The van der Waals surface area contributed by atoms with Crippen LogP contribution in [0.3, 0.4) is 0 Å². The van der Waals surface area contributed by atoms with Crippen LogP contribution in [-0.4, -0.2) is 49.5 Å². The largest absolute Gasteiger partial charge is 0.493 e. The van der Waals surface area contributed by atoms with E-state index in [1.807, 2.05) is 0 Å². The Morgan fingerprint density at radius 2 is 2.12 bits per heavy atom. The van der Waals surface area contributed by atoms with Gasteiger partial charge < -0.3 is 15.0 Å². The van der Waals surface area contributed by atoms with Gasteiger partial charge in [0.25, 0.3) is 0 Å². The van der Waals surface area contributed by atoms with Crippen molar-refractivity contribution in [2.75, 3.05) is 18.9 Å². The van der Waals surface area contributed by atoms with E-state index in [2.05, 4.69) is 5.32 Å². The summed E-state index contributed by atoms with van der Waals surface area (Å²) >= 11 is 0. The maximum Gasteiger partial charge on any atom is 0.318 e. The molecule has 24 heavy (non-hydrogen) atoms. The molecule has 1 aromatic carbocycles. The van der Waals surface area contributed by atoms with E-state index in [1.165, 1.54) is 12.1 Å². The zero-order valence-electron chi connectivity index (χ0n) is 13.7. The molecule has 0 aromatic heterocycles. The number of hydrogen-bond donors (Lipinski definition) is 1. The Morgan fingerprint density at radius 3 is 2.88 bits per heavy atom. The van der Waals surface area contributed by atoms with E-state index in [4.69, 9.17) is 4.74 Å². The van der Waals surface area contributed by atoms with E-state index in [-0.39, 0.29) is 30.2 Å². The van der Waals surface area contributed by atoms with Crippen LogP contribution >= 0.6 is 0 Å². The standard InChI is InChI=1S/C16H21FN2O4S/c1-10-11(2)24(21,22)8-6-19(10)16(20)18-14-5-7-23-15-4-3-12(17)9-13(14)15/h3-4,9-11,14H,5-8H2,1-2H3,(H,18,20). The number of carbonyl (C=O) groups is 1. The number of halogens is 1. The minimum Gasteiger partial charge on any atom is -0.493 e. The van der Waals surface area contributed by atoms with Gasteiger partial charge in [0.15, 0.2) is 9.84 Å². The van der Waals surface area contributed by atoms with Gasteiger partial charge in [-0.1, -0.05) is 0 Å². The number of rotatable bonds is 1. The minimum absolute atomic E-state index is 0.0368. The Balaban J connectivity index is 1.76. The Hall–Kier alpha value is -1.83. The maximum absolute atomic E-state index is 13.5. The second kappa shape index (κ2) is 6.23. The molecule has 1 fully saturated rings. The van der Waals surface area contributed by atoms with Crippen LogP contribution in [0.2, 0.25) is 0 Å². The number of benzene rings is 1. The number of ether oxygens (including phenoxy) is 1. The predicted octanol–water partition coefficient (Wildman–Crippen LogP) is 1.87. The molecule has 3 unspecified atom stereocenters. The maximum atomic E-state index is 13.5. The summed E-state index contributed by atoms with van der Waals surface area (Å²) in [5.74, 6) is 0.144. The van der Waals surface area contributed by atoms with Crippen molar-refractivity contribution in [2.45, 2.75) is 37.6 Å². The first kappa shape index (κ1) is 17.0. The first-order valence-corrected chi connectivity index (χ1v) is 9.72. The van der Waals surface area contributed by atoms with Gasteiger partial charge >= 0.3 is 6.03 Å². The second-order valence-corrected chi connectivity index (χ2v) is 8.81. The molecule has 2 amide bonds. The zero-order valence-corrected chi connectivity index (χ0v) is 14.5. The first-order valence-electron chi connectivity index (χ1n) is 8.00. The molecule has 132 valence electrons. The fourth-order valence-corrected chi connectivity index (χ4v) is 4.77. The lowest BCUT2D eigenvalue weighted by molar-refractivity contribution is 0.168. The molecular weight excluding hydrogens is 335 g/mol. The normalized spacial score (nSPS) is 28.6. The van der Waals surface area contributed by atoms with Gasteiger partial charge in [0, 0.05) is 24.6 Å². The van der Waals surface area contributed by atoms with Crippen LogP contribution in [0.15, 0.2) is 18.2 Å². The average molecular weight is 356 g/mol. The van der Waals surface area contributed by atoms with Crippen molar-refractivity contribution in [1.29, 1.82) is 0 Å². The summed E-state index contributed by atoms with van der Waals surface area (Å²) in [6, 6.07) is 3.16. The van der Waals surface area contributed by atoms with Gasteiger partial charge in [-0.05, 0) is 32.0 Å². The number of carbonyl (C=O) groups excluding carboxylic acids is 1. The Morgan fingerprint density at radius 1 is 1.38 bits per heavy atom. The summed E-state index contributed by atoms with van der Waals surface area (Å²) < 4.78 is 42.9. The molecule has 0 radical (unpaired) electrons. The van der Waals surface area contributed by atoms with Crippen LogP contribution in [0.1, 0.15) is 31.9 Å². The molecule has 3 atom stereocenters. The monoisotopic (exact) mass is 356 g/mol. The van der Waals surface area contributed by atoms with Crippen molar-refractivity contribution in [3.8, 4) is 5.75 Å². The highest BCUT2D eigenvalue weighted by Gasteiger charge is 2.38. The molecule has 2 aliphatic rings. The zero-order chi connectivity index (χ0) is 17.5. The van der Waals surface area contributed by atoms with Crippen molar-refractivity contribution < 1.29 is 22.3 Å². The highest BCUT2D eigenvalue weighted by atomic mass is 32.2. The third-order valence-corrected chi connectivity index (χ3v) is 7.20. The molecule has 1 aromatic rings. The molecule has 2 aliphatic heterocycles. The van der Waals surface area contributed by atoms with Gasteiger partial charge in [0.1, 0.15) is 11.6 Å². The fraction of sp³-hybridized carbons (Fsp3) is 0.562. The number of hydrogen-bond acceptors (Lipinski definition) is 4. The van der Waals surface area contributed by atoms with Crippen molar-refractivity contribution in [1.82, 2.24) is 10.2 Å². The smallest absolute Gasteiger partial charge is 0.318 e. The van der Waals surface area contributed by atoms with Crippen molar-refractivity contribution >= 4 is 15.9 Å². The molecule has 0 bridgehead atoms. The first-order chi connectivity index (χ1) is 11.3. The highest BCUT2D eigenvalue weighted by Crippen LogP contribution is 2.33. The molecule has 0 aliphatic carbocycles. The van der Waals surface area contributed by atoms with Gasteiger partial charge in [-0.25, -0.2) is 17.6 Å². The Labute approximate surface area is 140 Å². The summed E-state index contributed by atoms with van der Waals surface area (Å²) in [4.78, 5) is 14.2. The van der Waals surface area contributed by atoms with E-state index in [9.17, 15) is 17.6 Å². The summed E-state index contributed by atoms with van der Waals surface area (Å²) in [6.07, 6.45) is 0.540. The van der Waals surface area contributed by atoms with Crippen molar-refractivity contribution in [2.24, 2.45) is 0 Å². The third kappa shape index (κ3) is 3.07. The van der Waals surface area contributed by atoms with Gasteiger partial charge in [-0.3, -0.25) is 0 Å². The predicted molar refractivity (Wildman–Crippen MR) is 87.2 cm³/mol. The quantitative estimate of drug-likeness (QED) is 0.833. The van der Waals surface area contributed by atoms with Gasteiger partial charge in [-0.15, -0.1) is 0 Å².